The van der Waals surface area contributed by atoms with E-state index in [-0.39, 0.29) is 11.4 Å². The van der Waals surface area contributed by atoms with Crippen molar-refractivity contribution in [1.82, 2.24) is 10.6 Å². The smallest absolute Gasteiger partial charge is 0.251 e. The average molecular weight is 279 g/mol. The zero-order chi connectivity index (χ0) is 15.2. The second-order valence-electron chi connectivity index (χ2n) is 5.25. The lowest BCUT2D eigenvalue weighted by molar-refractivity contribution is -0.117. The van der Waals surface area contributed by atoms with Crippen molar-refractivity contribution in [3.63, 3.8) is 0 Å². The van der Waals surface area contributed by atoms with E-state index in [2.05, 4.69) is 35.8 Å². The van der Waals surface area contributed by atoms with Crippen molar-refractivity contribution < 1.29 is 9.53 Å². The Hall–Kier alpha value is -1.62. The number of ether oxygens (including phenoxy) is 1. The Kier molecular flexibility index (Phi) is 5.95. The van der Waals surface area contributed by atoms with Crippen molar-refractivity contribution in [1.29, 1.82) is 0 Å². The number of nitrogens with zero attached hydrogens (tertiary/aromatic N) is 1. The molecule has 112 valence electrons. The van der Waals surface area contributed by atoms with Gasteiger partial charge in [-0.1, -0.05) is 6.58 Å². The fourth-order valence-corrected chi connectivity index (χ4v) is 1.65. The van der Waals surface area contributed by atoms with Crippen LogP contribution in [-0.2, 0) is 9.53 Å². The van der Waals surface area contributed by atoms with Crippen molar-refractivity contribution >= 4 is 12.6 Å². The van der Waals surface area contributed by atoms with Crippen molar-refractivity contribution in [3.05, 3.63) is 23.5 Å². The van der Waals surface area contributed by atoms with Gasteiger partial charge in [0, 0.05) is 29.8 Å². The largest absolute Gasteiger partial charge is 0.380 e. The zero-order valence-electron chi connectivity index (χ0n) is 12.7. The van der Waals surface area contributed by atoms with E-state index in [1.54, 1.807) is 0 Å². The molecule has 0 spiro atoms. The Morgan fingerprint density at radius 2 is 2.10 bits per heavy atom. The number of rotatable bonds is 9. The topological polar surface area (TPSA) is 62.7 Å². The van der Waals surface area contributed by atoms with Gasteiger partial charge in [0.15, 0.2) is 0 Å². The molecule has 1 amide bonds. The summed E-state index contributed by atoms with van der Waals surface area (Å²) in [6, 6.07) is 0. The molecular formula is C15H25N3O2. The maximum Gasteiger partial charge on any atom is 0.251 e. The van der Waals surface area contributed by atoms with Gasteiger partial charge in [0.05, 0.1) is 6.61 Å². The summed E-state index contributed by atoms with van der Waals surface area (Å²) >= 11 is 0. The Labute approximate surface area is 121 Å². The Bertz CT molecular complexity index is 423. The lowest BCUT2D eigenvalue weighted by Gasteiger charge is -2.17. The fraction of sp³-hybridized carbons (Fsp3) is 0.600. The summed E-state index contributed by atoms with van der Waals surface area (Å²) in [7, 11) is 0. The summed E-state index contributed by atoms with van der Waals surface area (Å²) in [5.74, 6) is 0.432. The highest BCUT2D eigenvalue weighted by Crippen LogP contribution is 2.36. The number of carbonyl (C=O) groups excluding carboxylic acids is 1. The van der Waals surface area contributed by atoms with Crippen LogP contribution in [0.2, 0.25) is 0 Å². The third kappa shape index (κ3) is 4.81. The molecule has 1 aliphatic carbocycles. The number of nitrogens with one attached hydrogen (secondary N) is 2. The average Bonchev–Trinajstić information content (AvgIpc) is 3.17. The highest BCUT2D eigenvalue weighted by molar-refractivity contribution is 5.97. The minimum absolute atomic E-state index is 0.0868. The number of hydrogen-bond acceptors (Lipinski definition) is 4. The molecule has 5 nitrogen and oxygen atoms in total. The van der Waals surface area contributed by atoms with Gasteiger partial charge in [-0.2, -0.15) is 0 Å². The summed E-state index contributed by atoms with van der Waals surface area (Å²) in [6.45, 7) is 14.9. The molecule has 0 radical (unpaired) electrons. The molecule has 1 aliphatic rings. The van der Waals surface area contributed by atoms with Crippen LogP contribution in [-0.4, -0.2) is 37.9 Å². The lowest BCUT2D eigenvalue weighted by Crippen LogP contribution is -2.31. The highest BCUT2D eigenvalue weighted by Gasteiger charge is 2.38. The van der Waals surface area contributed by atoms with Gasteiger partial charge in [0.2, 0.25) is 0 Å². The first kappa shape index (κ1) is 16.4. The minimum Gasteiger partial charge on any atom is -0.380 e. The number of aliphatic imine (C=N–C) groups is 1. The molecule has 5 heteroatoms. The van der Waals surface area contributed by atoms with Crippen LogP contribution in [0.25, 0.3) is 0 Å². The van der Waals surface area contributed by atoms with Crippen LogP contribution < -0.4 is 10.6 Å². The van der Waals surface area contributed by atoms with Gasteiger partial charge in [-0.3, -0.25) is 4.79 Å². The molecule has 0 atom stereocenters. The first-order valence-corrected chi connectivity index (χ1v) is 6.94. The van der Waals surface area contributed by atoms with Gasteiger partial charge >= 0.3 is 0 Å². The van der Waals surface area contributed by atoms with E-state index in [1.165, 1.54) is 0 Å². The van der Waals surface area contributed by atoms with E-state index in [0.29, 0.717) is 31.2 Å². The zero-order valence-corrected chi connectivity index (χ0v) is 12.7. The van der Waals surface area contributed by atoms with Crippen LogP contribution in [0.15, 0.2) is 28.5 Å². The van der Waals surface area contributed by atoms with Gasteiger partial charge in [-0.25, -0.2) is 4.99 Å². The highest BCUT2D eigenvalue weighted by atomic mass is 16.5. The van der Waals surface area contributed by atoms with Crippen molar-refractivity contribution in [2.45, 2.75) is 39.2 Å². The van der Waals surface area contributed by atoms with E-state index in [0.717, 1.165) is 18.4 Å². The van der Waals surface area contributed by atoms with Crippen molar-refractivity contribution in [3.8, 4) is 0 Å². The first-order valence-electron chi connectivity index (χ1n) is 6.94. The second kappa shape index (κ2) is 7.24. The summed E-state index contributed by atoms with van der Waals surface area (Å²) < 4.78 is 5.17. The van der Waals surface area contributed by atoms with E-state index < -0.39 is 0 Å². The lowest BCUT2D eigenvalue weighted by atomic mass is 10.1. The predicted molar refractivity (Wildman–Crippen MR) is 81.7 cm³/mol. The summed E-state index contributed by atoms with van der Waals surface area (Å²) in [5, 5.41) is 6.08. The van der Waals surface area contributed by atoms with Crippen LogP contribution in [0.1, 0.15) is 33.6 Å². The van der Waals surface area contributed by atoms with Crippen molar-refractivity contribution in [2.24, 2.45) is 4.99 Å². The molecule has 0 aromatic carbocycles. The van der Waals surface area contributed by atoms with Crippen LogP contribution in [0.3, 0.4) is 0 Å². The van der Waals surface area contributed by atoms with Crippen LogP contribution in [0.5, 0.6) is 0 Å². The molecule has 0 aromatic rings. The van der Waals surface area contributed by atoms with E-state index in [1.807, 2.05) is 13.8 Å². The molecule has 2 N–H and O–H groups in total. The minimum atomic E-state index is -0.203. The van der Waals surface area contributed by atoms with Crippen molar-refractivity contribution in [2.75, 3.05) is 19.8 Å². The third-order valence-electron chi connectivity index (χ3n) is 3.40. The molecule has 0 bridgehead atoms. The molecule has 0 saturated heterocycles. The van der Waals surface area contributed by atoms with Gasteiger partial charge < -0.3 is 15.4 Å². The van der Waals surface area contributed by atoms with E-state index in [4.69, 9.17) is 4.74 Å². The summed E-state index contributed by atoms with van der Waals surface area (Å²) in [6.07, 6.45) is 2.21. The maximum absolute atomic E-state index is 12.0. The Balaban J connectivity index is 2.58. The van der Waals surface area contributed by atoms with Gasteiger partial charge in [-0.15, -0.1) is 0 Å². The summed E-state index contributed by atoms with van der Waals surface area (Å²) in [5.41, 5.74) is 1.21. The Morgan fingerprint density at radius 1 is 1.45 bits per heavy atom. The number of carbonyl (C=O) groups is 1. The van der Waals surface area contributed by atoms with Crippen LogP contribution in [0, 0.1) is 0 Å². The van der Waals surface area contributed by atoms with E-state index in [9.17, 15) is 4.79 Å². The SMILES string of the molecule is C=N/C(NC1(C)CC1)=C(\C)C(=C)C(=O)NCCOCC. The molecular weight excluding hydrogens is 254 g/mol. The molecule has 1 saturated carbocycles. The Morgan fingerprint density at radius 3 is 2.60 bits per heavy atom. The van der Waals surface area contributed by atoms with Crippen LogP contribution in [0.4, 0.5) is 0 Å². The van der Waals surface area contributed by atoms with Gasteiger partial charge in [-0.05, 0) is 40.3 Å². The number of hydrogen-bond donors (Lipinski definition) is 2. The van der Waals surface area contributed by atoms with Crippen LogP contribution >= 0.6 is 0 Å². The molecule has 0 heterocycles. The standard InChI is InChI=1S/C15H25N3O2/c1-6-20-10-9-17-14(19)12(3)11(2)13(16-5)18-15(4)7-8-15/h18H,3,5-10H2,1-2,4H3,(H,17,19)/b13-11-. The maximum atomic E-state index is 12.0. The molecule has 0 aromatic heterocycles. The summed E-state index contributed by atoms with van der Waals surface area (Å²) in [4.78, 5) is 15.9. The predicted octanol–water partition coefficient (Wildman–Crippen LogP) is 1.77. The van der Waals surface area contributed by atoms with Gasteiger partial charge in [0.1, 0.15) is 5.82 Å². The molecule has 20 heavy (non-hydrogen) atoms. The monoisotopic (exact) mass is 279 g/mol. The molecule has 1 fully saturated rings. The molecule has 0 unspecified atom stereocenters. The second-order valence-corrected chi connectivity index (χ2v) is 5.25. The van der Waals surface area contributed by atoms with E-state index >= 15 is 0 Å². The fourth-order valence-electron chi connectivity index (χ4n) is 1.65. The van der Waals surface area contributed by atoms with Gasteiger partial charge in [0.25, 0.3) is 5.91 Å². The molecule has 0 aliphatic heterocycles. The normalized spacial score (nSPS) is 16.9. The third-order valence-corrected chi connectivity index (χ3v) is 3.40. The first-order chi connectivity index (χ1) is 9.43. The number of amides is 1. The molecule has 1 rings (SSSR count). The quantitative estimate of drug-likeness (QED) is 0.293.